The normalized spacial score (nSPS) is 23.7. The molecule has 1 aromatic heterocycles. The molecule has 0 radical (unpaired) electrons. The number of rotatable bonds is 7. The van der Waals surface area contributed by atoms with Gasteiger partial charge in [0, 0.05) is 61.5 Å². The summed E-state index contributed by atoms with van der Waals surface area (Å²) in [5.74, 6) is 1.31. The molecule has 4 aliphatic rings. The molecule has 1 amide bonds. The SMILES string of the molecule is CC(=O)N1C2=CC=C(C3=C(c4ccc(O[C@H]5CCN(CCCF)C5)nc4)c4ccc(O)cc4CCC3)CC2CC1(C)C. The summed E-state index contributed by atoms with van der Waals surface area (Å²) in [5.41, 5.74) is 8.08. The zero-order chi connectivity index (χ0) is 29.4. The fourth-order valence-corrected chi connectivity index (χ4v) is 7.64. The van der Waals surface area contributed by atoms with E-state index in [4.69, 9.17) is 9.72 Å². The Morgan fingerprint density at radius 2 is 2.05 bits per heavy atom. The van der Waals surface area contributed by atoms with Gasteiger partial charge in [-0.3, -0.25) is 14.1 Å². The van der Waals surface area contributed by atoms with Gasteiger partial charge in [-0.1, -0.05) is 12.1 Å². The highest BCUT2D eigenvalue weighted by Crippen LogP contribution is 2.48. The van der Waals surface area contributed by atoms with E-state index in [1.165, 1.54) is 16.7 Å². The molecule has 2 saturated heterocycles. The molecule has 0 saturated carbocycles. The molecule has 2 aliphatic heterocycles. The van der Waals surface area contributed by atoms with Gasteiger partial charge in [-0.25, -0.2) is 4.98 Å². The number of hydrogen-bond acceptors (Lipinski definition) is 5. The summed E-state index contributed by atoms with van der Waals surface area (Å²) in [5, 5.41) is 10.3. The Bertz CT molecular complexity index is 1440. The van der Waals surface area contributed by atoms with Crippen molar-refractivity contribution in [3.63, 3.8) is 0 Å². The van der Waals surface area contributed by atoms with Gasteiger partial charge in [0.25, 0.3) is 0 Å². The minimum atomic E-state index is -0.282. The number of hydrogen-bond donors (Lipinski definition) is 1. The van der Waals surface area contributed by atoms with Crippen LogP contribution >= 0.6 is 0 Å². The average molecular weight is 572 g/mol. The first kappa shape index (κ1) is 28.7. The van der Waals surface area contributed by atoms with Crippen LogP contribution in [-0.2, 0) is 11.2 Å². The lowest BCUT2D eigenvalue weighted by Crippen LogP contribution is -2.40. The van der Waals surface area contributed by atoms with Gasteiger partial charge in [0.2, 0.25) is 11.8 Å². The molecular formula is C35H42FN3O3. The van der Waals surface area contributed by atoms with Crippen molar-refractivity contribution in [1.29, 1.82) is 0 Å². The van der Waals surface area contributed by atoms with Gasteiger partial charge in [-0.2, -0.15) is 0 Å². The van der Waals surface area contributed by atoms with Gasteiger partial charge in [0.1, 0.15) is 11.9 Å². The van der Waals surface area contributed by atoms with Crippen molar-refractivity contribution >= 4 is 11.5 Å². The van der Waals surface area contributed by atoms with Crippen LogP contribution in [0.1, 0.15) is 76.0 Å². The van der Waals surface area contributed by atoms with E-state index in [2.05, 4.69) is 37.0 Å². The zero-order valence-corrected chi connectivity index (χ0v) is 25.0. The second-order valence-corrected chi connectivity index (χ2v) is 12.9. The first-order chi connectivity index (χ1) is 20.2. The lowest BCUT2D eigenvalue weighted by atomic mass is 9.81. The number of ether oxygens (including phenoxy) is 1. The maximum absolute atomic E-state index is 12.6. The van der Waals surface area contributed by atoms with E-state index in [1.54, 1.807) is 13.0 Å². The predicted octanol–water partition coefficient (Wildman–Crippen LogP) is 6.60. The van der Waals surface area contributed by atoms with Gasteiger partial charge in [-0.15, -0.1) is 0 Å². The molecule has 42 heavy (non-hydrogen) atoms. The van der Waals surface area contributed by atoms with E-state index >= 15 is 0 Å². The van der Waals surface area contributed by atoms with Gasteiger partial charge >= 0.3 is 0 Å². The Balaban J connectivity index is 1.33. The number of aromatic hydroxyl groups is 1. The highest BCUT2D eigenvalue weighted by Gasteiger charge is 2.45. The summed E-state index contributed by atoms with van der Waals surface area (Å²) in [6.07, 6.45) is 12.5. The van der Waals surface area contributed by atoms with Crippen molar-refractivity contribution in [2.75, 3.05) is 26.3 Å². The predicted molar refractivity (Wildman–Crippen MR) is 163 cm³/mol. The van der Waals surface area contributed by atoms with E-state index in [0.717, 1.165) is 80.5 Å². The monoisotopic (exact) mass is 571 g/mol. The standard InChI is InChI=1S/C35H42FN3O3/c1-23(40)39-32-12-8-25(18-27(32)20-35(39,2)3)30-7-4-6-24-19-28(41)10-11-31(24)34(30)26-9-13-33(37-21-26)42-29-14-17-38(22-29)16-5-15-36/h8-13,19,21,27,29,41H,4-7,14-18,20,22H2,1-3H3/t27?,29-/m0/s1. The van der Waals surface area contributed by atoms with Crippen LogP contribution < -0.4 is 4.74 Å². The van der Waals surface area contributed by atoms with Gasteiger partial charge < -0.3 is 14.7 Å². The van der Waals surface area contributed by atoms with Crippen LogP contribution in [0.15, 0.2) is 65.5 Å². The number of allylic oxidation sites excluding steroid dienone is 5. The van der Waals surface area contributed by atoms with Crippen molar-refractivity contribution in [1.82, 2.24) is 14.8 Å². The minimum Gasteiger partial charge on any atom is -0.508 e. The Morgan fingerprint density at radius 3 is 2.81 bits per heavy atom. The maximum atomic E-state index is 12.6. The topological polar surface area (TPSA) is 65.9 Å². The first-order valence-corrected chi connectivity index (χ1v) is 15.4. The summed E-state index contributed by atoms with van der Waals surface area (Å²) in [6, 6.07) is 9.79. The van der Waals surface area contributed by atoms with E-state index in [1.807, 2.05) is 29.3 Å². The number of fused-ring (bicyclic) bond motifs is 2. The number of benzene rings is 1. The number of carbonyl (C=O) groups is 1. The number of likely N-dealkylation sites (tertiary alicyclic amines) is 2. The molecule has 222 valence electrons. The molecule has 6 rings (SSSR count). The third kappa shape index (κ3) is 5.63. The Hall–Kier alpha value is -3.45. The summed E-state index contributed by atoms with van der Waals surface area (Å²) < 4.78 is 18.8. The Morgan fingerprint density at radius 1 is 1.19 bits per heavy atom. The molecule has 0 bridgehead atoms. The molecule has 1 N–H and O–H groups in total. The number of aromatic nitrogens is 1. The summed E-state index contributed by atoms with van der Waals surface area (Å²) in [7, 11) is 0. The van der Waals surface area contributed by atoms with Crippen LogP contribution in [0.3, 0.4) is 0 Å². The third-order valence-corrected chi connectivity index (χ3v) is 9.33. The quantitative estimate of drug-likeness (QED) is 0.406. The number of aryl methyl sites for hydroxylation is 1. The smallest absolute Gasteiger partial charge is 0.224 e. The van der Waals surface area contributed by atoms with Crippen LogP contribution in [0.5, 0.6) is 11.6 Å². The molecular weight excluding hydrogens is 529 g/mol. The fourth-order valence-electron chi connectivity index (χ4n) is 7.64. The van der Waals surface area contributed by atoms with Crippen LogP contribution in [0.4, 0.5) is 4.39 Å². The van der Waals surface area contributed by atoms with Gasteiger partial charge in [0.05, 0.1) is 6.67 Å². The molecule has 2 aromatic rings. The van der Waals surface area contributed by atoms with Gasteiger partial charge in [0.15, 0.2) is 0 Å². The molecule has 7 heteroatoms. The third-order valence-electron chi connectivity index (χ3n) is 9.33. The zero-order valence-electron chi connectivity index (χ0n) is 25.0. The van der Waals surface area contributed by atoms with Crippen LogP contribution in [0.25, 0.3) is 5.57 Å². The van der Waals surface area contributed by atoms with Crippen molar-refractivity contribution < 1.29 is 19.0 Å². The van der Waals surface area contributed by atoms with E-state index in [9.17, 15) is 14.3 Å². The Kier molecular flexibility index (Phi) is 7.97. The van der Waals surface area contributed by atoms with Crippen LogP contribution in [0, 0.1) is 5.92 Å². The molecule has 0 spiro atoms. The van der Waals surface area contributed by atoms with Crippen LogP contribution in [0.2, 0.25) is 0 Å². The van der Waals surface area contributed by atoms with E-state index < -0.39 is 0 Å². The number of phenols is 1. The van der Waals surface area contributed by atoms with E-state index in [-0.39, 0.29) is 30.0 Å². The molecule has 1 aromatic carbocycles. The number of halogens is 1. The fraction of sp³-hybridized carbons (Fsp3) is 0.486. The summed E-state index contributed by atoms with van der Waals surface area (Å²) >= 11 is 0. The molecule has 2 aliphatic carbocycles. The number of amides is 1. The highest BCUT2D eigenvalue weighted by atomic mass is 19.1. The highest BCUT2D eigenvalue weighted by molar-refractivity contribution is 5.87. The molecule has 3 heterocycles. The summed E-state index contributed by atoms with van der Waals surface area (Å²) in [6.45, 7) is 8.21. The lowest BCUT2D eigenvalue weighted by molar-refractivity contribution is -0.130. The molecule has 2 fully saturated rings. The van der Waals surface area contributed by atoms with Crippen molar-refractivity contribution in [3.8, 4) is 11.6 Å². The molecule has 1 unspecified atom stereocenters. The number of alkyl halides is 1. The van der Waals surface area contributed by atoms with Gasteiger partial charge in [-0.05, 0) is 111 Å². The largest absolute Gasteiger partial charge is 0.508 e. The number of phenolic OH excluding ortho intramolecular Hbond substituents is 1. The van der Waals surface area contributed by atoms with Crippen molar-refractivity contribution in [3.05, 3.63) is 82.2 Å². The van der Waals surface area contributed by atoms with E-state index in [0.29, 0.717) is 18.2 Å². The average Bonchev–Trinajstić information content (AvgIpc) is 3.45. The van der Waals surface area contributed by atoms with Crippen molar-refractivity contribution in [2.45, 2.75) is 77.4 Å². The minimum absolute atomic E-state index is 0.0675. The van der Waals surface area contributed by atoms with Crippen molar-refractivity contribution in [2.24, 2.45) is 5.92 Å². The number of nitrogens with zero attached hydrogens (tertiary/aromatic N) is 3. The maximum Gasteiger partial charge on any atom is 0.224 e. The summed E-state index contributed by atoms with van der Waals surface area (Å²) in [4.78, 5) is 21.5. The van der Waals surface area contributed by atoms with Crippen LogP contribution in [-0.4, -0.2) is 63.7 Å². The Labute approximate surface area is 248 Å². The second kappa shape index (κ2) is 11.7. The molecule has 2 atom stereocenters. The second-order valence-electron chi connectivity index (χ2n) is 12.9. The molecule has 6 nitrogen and oxygen atoms in total. The number of carbonyl (C=O) groups excluding carboxylic acids is 1. The first-order valence-electron chi connectivity index (χ1n) is 15.4. The lowest BCUT2D eigenvalue weighted by Gasteiger charge is -2.31. The number of pyridine rings is 1.